The quantitative estimate of drug-likeness (QED) is 0.692. The zero-order valence-electron chi connectivity index (χ0n) is 9.67. The lowest BCUT2D eigenvalue weighted by molar-refractivity contribution is 0.0692. The molecule has 0 radical (unpaired) electrons. The van der Waals surface area contributed by atoms with Gasteiger partial charge in [-0.25, -0.2) is 0 Å². The molecule has 1 saturated carbocycles. The molecule has 2 nitrogen and oxygen atoms in total. The molecule has 0 aromatic carbocycles. The number of hydrogen-bond acceptors (Lipinski definition) is 2. The third-order valence-corrected chi connectivity index (χ3v) is 4.92. The Hall–Kier alpha value is 0.400. The highest BCUT2D eigenvalue weighted by Gasteiger charge is 2.42. The topological polar surface area (TPSA) is 12.5 Å². The van der Waals surface area contributed by atoms with Crippen LogP contribution in [0.2, 0.25) is 0 Å². The summed E-state index contributed by atoms with van der Waals surface area (Å²) in [7, 11) is 0. The van der Waals surface area contributed by atoms with Gasteiger partial charge in [0.25, 0.3) is 0 Å². The molecule has 1 heterocycles. The maximum atomic E-state index is 5.70. The van der Waals surface area contributed by atoms with Crippen LogP contribution in [0.15, 0.2) is 0 Å². The Labute approximate surface area is 101 Å². The Morgan fingerprint density at radius 3 is 2.73 bits per heavy atom. The molecule has 0 aromatic heterocycles. The van der Waals surface area contributed by atoms with Crippen LogP contribution in [0.5, 0.6) is 0 Å². The average molecular weight is 276 g/mol. The summed E-state index contributed by atoms with van der Waals surface area (Å²) in [5.41, 5.74) is 0.606. The van der Waals surface area contributed by atoms with Gasteiger partial charge in [-0.2, -0.15) is 0 Å². The Balaban J connectivity index is 1.76. The van der Waals surface area contributed by atoms with E-state index < -0.39 is 0 Å². The van der Waals surface area contributed by atoms with Crippen LogP contribution in [-0.4, -0.2) is 42.6 Å². The molecular formula is C12H22BrNO. The second-order valence-corrected chi connectivity index (χ2v) is 5.66. The maximum Gasteiger partial charge on any atom is 0.0702 e. The van der Waals surface area contributed by atoms with Gasteiger partial charge in [0.1, 0.15) is 0 Å². The first kappa shape index (κ1) is 11.9. The largest absolute Gasteiger partial charge is 0.377 e. The van der Waals surface area contributed by atoms with Crippen LogP contribution < -0.4 is 0 Å². The third kappa shape index (κ3) is 3.18. The van der Waals surface area contributed by atoms with E-state index in [1.807, 2.05) is 0 Å². The summed E-state index contributed by atoms with van der Waals surface area (Å²) in [5, 5.41) is 1.17. The predicted molar refractivity (Wildman–Crippen MR) is 66.5 cm³/mol. The normalized spacial score (nSPS) is 28.6. The van der Waals surface area contributed by atoms with Gasteiger partial charge in [0.15, 0.2) is 0 Å². The number of halogens is 1. The minimum Gasteiger partial charge on any atom is -0.377 e. The Kier molecular flexibility index (Phi) is 4.08. The first-order valence-electron chi connectivity index (χ1n) is 6.18. The zero-order valence-corrected chi connectivity index (χ0v) is 11.3. The monoisotopic (exact) mass is 275 g/mol. The smallest absolute Gasteiger partial charge is 0.0702 e. The number of likely N-dealkylation sites (N-methyl/N-ethyl adjacent to an activating group) is 1. The van der Waals surface area contributed by atoms with Crippen LogP contribution in [0.25, 0.3) is 0 Å². The average Bonchev–Trinajstić information content (AvgIpc) is 2.84. The van der Waals surface area contributed by atoms with Crippen molar-refractivity contribution in [2.45, 2.75) is 38.7 Å². The van der Waals surface area contributed by atoms with E-state index in [1.165, 1.54) is 37.6 Å². The van der Waals surface area contributed by atoms with Crippen LogP contribution >= 0.6 is 15.9 Å². The number of ether oxygens (including phenoxy) is 1. The molecular weight excluding hydrogens is 254 g/mol. The van der Waals surface area contributed by atoms with E-state index in [4.69, 9.17) is 4.74 Å². The Morgan fingerprint density at radius 1 is 1.47 bits per heavy atom. The van der Waals surface area contributed by atoms with Crippen molar-refractivity contribution in [3.8, 4) is 0 Å². The van der Waals surface area contributed by atoms with Crippen molar-refractivity contribution in [2.24, 2.45) is 5.41 Å². The van der Waals surface area contributed by atoms with E-state index in [0.29, 0.717) is 11.5 Å². The van der Waals surface area contributed by atoms with Crippen LogP contribution in [0.4, 0.5) is 0 Å². The van der Waals surface area contributed by atoms with Crippen LogP contribution in [0.1, 0.15) is 32.6 Å². The molecule has 1 atom stereocenters. The van der Waals surface area contributed by atoms with Gasteiger partial charge < -0.3 is 9.64 Å². The Bertz CT molecular complexity index is 200. The summed E-state index contributed by atoms with van der Waals surface area (Å²) in [6.45, 7) is 6.81. The molecule has 15 heavy (non-hydrogen) atoms. The molecule has 2 rings (SSSR count). The number of nitrogens with zero attached hydrogens (tertiary/aromatic N) is 1. The van der Waals surface area contributed by atoms with Gasteiger partial charge in [-0.1, -0.05) is 22.9 Å². The fraction of sp³-hybridized carbons (Fsp3) is 1.00. The van der Waals surface area contributed by atoms with E-state index >= 15 is 0 Å². The van der Waals surface area contributed by atoms with E-state index in [1.54, 1.807) is 0 Å². The van der Waals surface area contributed by atoms with Crippen molar-refractivity contribution in [1.82, 2.24) is 4.90 Å². The molecule has 3 heteroatoms. The standard InChI is InChI=1S/C12H22BrNO/c1-2-14(8-11-4-3-7-15-11)10-12(9-13)5-6-12/h11H,2-10H2,1H3. The van der Waals surface area contributed by atoms with Gasteiger partial charge in [0.05, 0.1) is 6.10 Å². The minimum absolute atomic E-state index is 0.510. The molecule has 1 saturated heterocycles. The van der Waals surface area contributed by atoms with Crippen LogP contribution in [0.3, 0.4) is 0 Å². The molecule has 1 unspecified atom stereocenters. The summed E-state index contributed by atoms with van der Waals surface area (Å²) in [6.07, 6.45) is 5.83. The molecule has 0 bridgehead atoms. The molecule has 0 N–H and O–H groups in total. The second-order valence-electron chi connectivity index (χ2n) is 5.10. The van der Waals surface area contributed by atoms with E-state index in [-0.39, 0.29) is 0 Å². The fourth-order valence-electron chi connectivity index (χ4n) is 2.37. The summed E-state index contributed by atoms with van der Waals surface area (Å²) in [6, 6.07) is 0. The lowest BCUT2D eigenvalue weighted by atomic mass is 10.1. The van der Waals surface area contributed by atoms with Crippen molar-refractivity contribution in [2.75, 3.05) is 31.6 Å². The minimum atomic E-state index is 0.510. The molecule has 0 aromatic rings. The van der Waals surface area contributed by atoms with E-state index in [0.717, 1.165) is 19.7 Å². The maximum absolute atomic E-state index is 5.70. The first-order chi connectivity index (χ1) is 7.28. The molecule has 0 amide bonds. The lowest BCUT2D eigenvalue weighted by Gasteiger charge is -2.27. The highest BCUT2D eigenvalue weighted by Crippen LogP contribution is 2.47. The van der Waals surface area contributed by atoms with Crippen LogP contribution in [0, 0.1) is 5.41 Å². The van der Waals surface area contributed by atoms with Crippen molar-refractivity contribution < 1.29 is 4.74 Å². The highest BCUT2D eigenvalue weighted by molar-refractivity contribution is 9.09. The van der Waals surface area contributed by atoms with Crippen molar-refractivity contribution in [3.63, 3.8) is 0 Å². The molecule has 2 fully saturated rings. The van der Waals surface area contributed by atoms with E-state index in [2.05, 4.69) is 27.8 Å². The molecule has 1 aliphatic heterocycles. The van der Waals surface area contributed by atoms with Gasteiger partial charge >= 0.3 is 0 Å². The van der Waals surface area contributed by atoms with Crippen molar-refractivity contribution in [3.05, 3.63) is 0 Å². The summed E-state index contributed by atoms with van der Waals surface area (Å²) >= 11 is 3.65. The van der Waals surface area contributed by atoms with Crippen molar-refractivity contribution >= 4 is 15.9 Å². The van der Waals surface area contributed by atoms with Gasteiger partial charge in [-0.05, 0) is 37.6 Å². The highest BCUT2D eigenvalue weighted by atomic mass is 79.9. The van der Waals surface area contributed by atoms with Gasteiger partial charge in [-0.15, -0.1) is 0 Å². The van der Waals surface area contributed by atoms with Gasteiger partial charge in [0.2, 0.25) is 0 Å². The first-order valence-corrected chi connectivity index (χ1v) is 7.30. The lowest BCUT2D eigenvalue weighted by Crippen LogP contribution is -2.37. The summed E-state index contributed by atoms with van der Waals surface area (Å²) in [4.78, 5) is 2.57. The van der Waals surface area contributed by atoms with Crippen molar-refractivity contribution in [1.29, 1.82) is 0 Å². The van der Waals surface area contributed by atoms with Crippen LogP contribution in [-0.2, 0) is 4.74 Å². The SMILES string of the molecule is CCN(CC1CCCO1)CC1(CBr)CC1. The number of alkyl halides is 1. The second kappa shape index (κ2) is 5.15. The summed E-state index contributed by atoms with van der Waals surface area (Å²) < 4.78 is 5.70. The number of rotatable bonds is 6. The molecule has 0 spiro atoms. The zero-order chi connectivity index (χ0) is 10.7. The third-order valence-electron chi connectivity index (χ3n) is 3.73. The molecule has 2 aliphatic rings. The fourth-order valence-corrected chi connectivity index (χ4v) is 3.10. The molecule has 88 valence electrons. The summed E-state index contributed by atoms with van der Waals surface area (Å²) in [5.74, 6) is 0. The molecule has 1 aliphatic carbocycles. The van der Waals surface area contributed by atoms with Gasteiger partial charge in [-0.3, -0.25) is 0 Å². The number of hydrogen-bond donors (Lipinski definition) is 0. The van der Waals surface area contributed by atoms with Gasteiger partial charge in [0, 0.05) is 25.0 Å². The predicted octanol–water partition coefficient (Wildman–Crippen LogP) is 2.66. The Morgan fingerprint density at radius 2 is 2.27 bits per heavy atom. The van der Waals surface area contributed by atoms with E-state index in [9.17, 15) is 0 Å².